The Kier molecular flexibility index (Phi) is 4.78. The average Bonchev–Trinajstić information content (AvgIpc) is 3.20. The molecule has 0 unspecified atom stereocenters. The van der Waals surface area contributed by atoms with Crippen LogP contribution >= 0.6 is 0 Å². The highest BCUT2D eigenvalue weighted by atomic mass is 16.6. The molecular formula is C18H20O7. The van der Waals surface area contributed by atoms with Gasteiger partial charge >= 0.3 is 5.97 Å². The van der Waals surface area contributed by atoms with Crippen molar-refractivity contribution >= 4 is 11.8 Å². The number of benzene rings is 1. The van der Waals surface area contributed by atoms with E-state index in [4.69, 9.17) is 9.47 Å². The van der Waals surface area contributed by atoms with Crippen LogP contribution in [-0.2, 0) is 20.7 Å². The summed E-state index contributed by atoms with van der Waals surface area (Å²) < 4.78 is 10.8. The standard InChI is InChI=1S/C18H20O7/c1-9-4-15-16(25-15)8-12(20)3-2-11(19)5-10-6-13(21)7-14(22)17(10)18(23)24-9/h2-3,6-7,9,12,15-16,20-22H,4-5,8H2,1H3/b3-2-/t9-,12-,15-,16+/m1/s1. The van der Waals surface area contributed by atoms with Crippen LogP contribution in [0.4, 0.5) is 0 Å². The van der Waals surface area contributed by atoms with Gasteiger partial charge in [0.25, 0.3) is 0 Å². The average molecular weight is 348 g/mol. The Labute approximate surface area is 144 Å². The number of carbonyl (C=O) groups is 2. The van der Waals surface area contributed by atoms with Crippen molar-refractivity contribution in [3.8, 4) is 11.5 Å². The van der Waals surface area contributed by atoms with E-state index in [0.29, 0.717) is 12.8 Å². The number of phenolic OH excluding ortho intramolecular Hbond substituents is 2. The minimum Gasteiger partial charge on any atom is -0.508 e. The maximum Gasteiger partial charge on any atom is 0.342 e. The van der Waals surface area contributed by atoms with Crippen molar-refractivity contribution in [1.82, 2.24) is 0 Å². The van der Waals surface area contributed by atoms with E-state index in [9.17, 15) is 24.9 Å². The van der Waals surface area contributed by atoms with Crippen LogP contribution in [0.1, 0.15) is 35.7 Å². The number of carbonyl (C=O) groups excluding carboxylic acids is 2. The molecule has 3 N–H and O–H groups in total. The highest BCUT2D eigenvalue weighted by Gasteiger charge is 2.41. The monoisotopic (exact) mass is 348 g/mol. The molecule has 0 saturated carbocycles. The van der Waals surface area contributed by atoms with Gasteiger partial charge in [0.15, 0.2) is 5.78 Å². The van der Waals surface area contributed by atoms with Crippen LogP contribution in [0.5, 0.6) is 11.5 Å². The normalized spacial score (nSPS) is 31.3. The van der Waals surface area contributed by atoms with Crippen LogP contribution in [-0.4, -0.2) is 51.5 Å². The molecule has 7 nitrogen and oxygen atoms in total. The zero-order valence-corrected chi connectivity index (χ0v) is 13.7. The second-order valence-corrected chi connectivity index (χ2v) is 6.47. The van der Waals surface area contributed by atoms with Gasteiger partial charge < -0.3 is 24.8 Å². The smallest absolute Gasteiger partial charge is 0.342 e. The number of ketones is 1. The van der Waals surface area contributed by atoms with E-state index < -0.39 is 23.9 Å². The van der Waals surface area contributed by atoms with Gasteiger partial charge in [0.2, 0.25) is 0 Å². The zero-order chi connectivity index (χ0) is 18.1. The van der Waals surface area contributed by atoms with Gasteiger partial charge in [-0.15, -0.1) is 0 Å². The van der Waals surface area contributed by atoms with Crippen LogP contribution in [0, 0.1) is 0 Å². The first-order chi connectivity index (χ1) is 11.8. The molecule has 1 aromatic rings. The third-order valence-electron chi connectivity index (χ3n) is 4.29. The molecule has 25 heavy (non-hydrogen) atoms. The number of cyclic esters (lactones) is 1. The number of rotatable bonds is 0. The lowest BCUT2D eigenvalue weighted by Gasteiger charge is -2.16. The maximum absolute atomic E-state index is 12.4. The Hall–Kier alpha value is -2.38. The van der Waals surface area contributed by atoms with E-state index in [1.807, 2.05) is 0 Å². The van der Waals surface area contributed by atoms with E-state index in [2.05, 4.69) is 0 Å². The highest BCUT2D eigenvalue weighted by molar-refractivity contribution is 5.98. The van der Waals surface area contributed by atoms with Crippen molar-refractivity contribution in [2.75, 3.05) is 0 Å². The number of hydrogen-bond donors (Lipinski definition) is 3. The van der Waals surface area contributed by atoms with E-state index in [1.165, 1.54) is 18.2 Å². The number of fused-ring (bicyclic) bond motifs is 2. The number of aliphatic hydroxyl groups excluding tert-OH is 1. The Balaban J connectivity index is 1.94. The van der Waals surface area contributed by atoms with Crippen molar-refractivity contribution < 1.29 is 34.4 Å². The van der Waals surface area contributed by atoms with E-state index >= 15 is 0 Å². The van der Waals surface area contributed by atoms with Gasteiger partial charge in [-0.05, 0) is 24.6 Å². The molecule has 1 saturated heterocycles. The maximum atomic E-state index is 12.4. The lowest BCUT2D eigenvalue weighted by atomic mass is 9.99. The van der Waals surface area contributed by atoms with E-state index in [0.717, 1.165) is 6.07 Å². The first kappa shape index (κ1) is 17.4. The Morgan fingerprint density at radius 3 is 2.60 bits per heavy atom. The molecule has 0 radical (unpaired) electrons. The molecular weight excluding hydrogens is 328 g/mol. The quantitative estimate of drug-likeness (QED) is 0.477. The first-order valence-electron chi connectivity index (χ1n) is 8.14. The number of phenols is 2. The summed E-state index contributed by atoms with van der Waals surface area (Å²) in [6.45, 7) is 1.71. The minimum atomic E-state index is -0.809. The summed E-state index contributed by atoms with van der Waals surface area (Å²) in [5.74, 6) is -1.84. The number of aliphatic hydroxyl groups is 1. The molecule has 2 aliphatic heterocycles. The lowest BCUT2D eigenvalue weighted by Crippen LogP contribution is -2.20. The molecule has 0 aliphatic carbocycles. The fourth-order valence-electron chi connectivity index (χ4n) is 3.04. The van der Waals surface area contributed by atoms with Crippen LogP contribution in [0.2, 0.25) is 0 Å². The fourth-order valence-corrected chi connectivity index (χ4v) is 3.04. The van der Waals surface area contributed by atoms with Crippen molar-refractivity contribution in [1.29, 1.82) is 0 Å². The Morgan fingerprint density at radius 1 is 1.12 bits per heavy atom. The van der Waals surface area contributed by atoms with Crippen LogP contribution in [0.25, 0.3) is 0 Å². The van der Waals surface area contributed by atoms with Crippen molar-refractivity contribution in [3.63, 3.8) is 0 Å². The molecule has 0 spiro atoms. The number of hydrogen-bond acceptors (Lipinski definition) is 7. The van der Waals surface area contributed by atoms with Gasteiger partial charge in [-0.3, -0.25) is 4.79 Å². The lowest BCUT2D eigenvalue weighted by molar-refractivity contribution is -0.114. The van der Waals surface area contributed by atoms with E-state index in [-0.39, 0.29) is 41.3 Å². The summed E-state index contributed by atoms with van der Waals surface area (Å²) in [6.07, 6.45) is 1.73. The summed E-state index contributed by atoms with van der Waals surface area (Å²) in [6, 6.07) is 2.27. The van der Waals surface area contributed by atoms with Crippen LogP contribution < -0.4 is 0 Å². The van der Waals surface area contributed by atoms with Crippen molar-refractivity contribution in [2.24, 2.45) is 0 Å². The van der Waals surface area contributed by atoms with Crippen molar-refractivity contribution in [2.45, 2.75) is 50.6 Å². The van der Waals surface area contributed by atoms with Crippen LogP contribution in [0.15, 0.2) is 24.3 Å². The zero-order valence-electron chi connectivity index (χ0n) is 13.7. The van der Waals surface area contributed by atoms with Gasteiger partial charge in [-0.1, -0.05) is 6.08 Å². The van der Waals surface area contributed by atoms with Gasteiger partial charge in [0.05, 0.1) is 18.3 Å². The Bertz CT molecular complexity index is 724. The number of aromatic hydroxyl groups is 2. The van der Waals surface area contributed by atoms with Gasteiger partial charge in [-0.25, -0.2) is 4.79 Å². The molecule has 7 heteroatoms. The summed E-state index contributed by atoms with van der Waals surface area (Å²) in [7, 11) is 0. The molecule has 2 aliphatic rings. The summed E-state index contributed by atoms with van der Waals surface area (Å²) in [4.78, 5) is 24.5. The second kappa shape index (κ2) is 6.85. The summed E-state index contributed by atoms with van der Waals surface area (Å²) in [5, 5.41) is 29.6. The number of allylic oxidation sites excluding steroid dienone is 1. The molecule has 2 heterocycles. The van der Waals surface area contributed by atoms with Crippen LogP contribution in [0.3, 0.4) is 0 Å². The predicted octanol–water partition coefficient (Wildman–Crippen LogP) is 1.23. The van der Waals surface area contributed by atoms with E-state index in [1.54, 1.807) is 6.92 Å². The topological polar surface area (TPSA) is 117 Å². The molecule has 0 aromatic heterocycles. The molecule has 3 rings (SSSR count). The molecule has 4 atom stereocenters. The largest absolute Gasteiger partial charge is 0.508 e. The fraction of sp³-hybridized carbons (Fsp3) is 0.444. The molecule has 134 valence electrons. The molecule has 0 amide bonds. The number of epoxide rings is 1. The Morgan fingerprint density at radius 2 is 1.84 bits per heavy atom. The van der Waals surface area contributed by atoms with Gasteiger partial charge in [-0.2, -0.15) is 0 Å². The third-order valence-corrected chi connectivity index (χ3v) is 4.29. The minimum absolute atomic E-state index is 0.114. The summed E-state index contributed by atoms with van der Waals surface area (Å²) in [5.41, 5.74) is 0.0220. The van der Waals surface area contributed by atoms with Gasteiger partial charge in [0, 0.05) is 25.3 Å². The predicted molar refractivity (Wildman–Crippen MR) is 86.4 cm³/mol. The SMILES string of the molecule is C[C@@H]1C[C@H]2O[C@H]2C[C@H](O)/C=C\C(=O)Cc2cc(O)cc(O)c2C(=O)O1. The first-order valence-corrected chi connectivity index (χ1v) is 8.14. The number of esters is 1. The molecule has 0 bridgehead atoms. The highest BCUT2D eigenvalue weighted by Crippen LogP contribution is 2.33. The number of ether oxygens (including phenoxy) is 2. The summed E-state index contributed by atoms with van der Waals surface area (Å²) >= 11 is 0. The third kappa shape index (κ3) is 4.18. The van der Waals surface area contributed by atoms with Crippen molar-refractivity contribution in [3.05, 3.63) is 35.4 Å². The second-order valence-electron chi connectivity index (χ2n) is 6.47. The van der Waals surface area contributed by atoms with Gasteiger partial charge in [0.1, 0.15) is 23.2 Å². The molecule has 1 fully saturated rings. The molecule has 1 aromatic carbocycles.